The number of hydrogen-bond acceptors (Lipinski definition) is 9. The number of carbonyl (C=O) groups excluding carboxylic acids is 2. The van der Waals surface area contributed by atoms with Crippen LogP contribution in [0.2, 0.25) is 0 Å². The van der Waals surface area contributed by atoms with Crippen LogP contribution < -0.4 is 14.8 Å². The van der Waals surface area contributed by atoms with E-state index in [0.717, 1.165) is 0 Å². The number of carbonyl (C=O) groups is 2. The molecular formula is C21H22BrNO8S. The molecule has 0 spiro atoms. The SMILES string of the molecule is CO[C@@H](CCOC(=O)CS)[C@@H](OC(=O)Nc1ccc2c(c1)OCO2)c1cc(Br)ccc1O. The largest absolute Gasteiger partial charge is 0.508 e. The number of anilines is 1. The number of halogens is 1. The molecule has 2 atom stereocenters. The standard InChI is InChI=1S/C21H22BrNO8S/c1-27-17(6-7-28-19(25)10-32)20(14-8-12(22)2-4-15(14)24)31-21(26)23-13-3-5-16-18(9-13)30-11-29-16/h2-5,8-9,17,20,24,32H,6-7,10-11H2,1H3,(H,23,26)/t17-,20-/m0/s1. The minimum absolute atomic E-state index is 0.0241. The second-order valence-electron chi connectivity index (χ2n) is 6.66. The molecule has 0 aliphatic carbocycles. The van der Waals surface area contributed by atoms with E-state index in [9.17, 15) is 14.7 Å². The number of amides is 1. The number of methoxy groups -OCH3 is 1. The lowest BCUT2D eigenvalue weighted by Gasteiger charge is -2.27. The third-order valence-corrected chi connectivity index (χ3v) is 5.34. The van der Waals surface area contributed by atoms with E-state index in [1.807, 2.05) is 0 Å². The van der Waals surface area contributed by atoms with Gasteiger partial charge in [0, 0.05) is 35.3 Å². The van der Waals surface area contributed by atoms with Gasteiger partial charge in [-0.25, -0.2) is 4.79 Å². The molecule has 1 amide bonds. The number of phenolic OH excluding ortho intramolecular Hbond substituents is 1. The van der Waals surface area contributed by atoms with Crippen molar-refractivity contribution in [2.75, 3.05) is 31.6 Å². The maximum atomic E-state index is 12.7. The van der Waals surface area contributed by atoms with Crippen LogP contribution in [0.15, 0.2) is 40.9 Å². The number of phenols is 1. The Kier molecular flexibility index (Phi) is 8.48. The average Bonchev–Trinajstić information content (AvgIpc) is 3.25. The topological polar surface area (TPSA) is 113 Å². The number of nitrogens with one attached hydrogen (secondary N) is 1. The number of hydrogen-bond donors (Lipinski definition) is 3. The molecule has 172 valence electrons. The summed E-state index contributed by atoms with van der Waals surface area (Å²) in [4.78, 5) is 24.1. The Bertz CT molecular complexity index is 973. The van der Waals surface area contributed by atoms with Gasteiger partial charge in [-0.05, 0) is 30.3 Å². The summed E-state index contributed by atoms with van der Waals surface area (Å²) in [6.45, 7) is 0.136. The first-order valence-electron chi connectivity index (χ1n) is 9.56. The molecule has 2 aromatic carbocycles. The van der Waals surface area contributed by atoms with Crippen molar-refractivity contribution < 1.29 is 38.4 Å². The van der Waals surface area contributed by atoms with Gasteiger partial charge in [0.15, 0.2) is 17.6 Å². The maximum absolute atomic E-state index is 12.7. The molecule has 0 unspecified atom stereocenters. The highest BCUT2D eigenvalue weighted by Gasteiger charge is 2.30. The van der Waals surface area contributed by atoms with Crippen LogP contribution in [0.4, 0.5) is 10.5 Å². The van der Waals surface area contributed by atoms with E-state index >= 15 is 0 Å². The molecule has 1 heterocycles. The number of esters is 1. The van der Waals surface area contributed by atoms with Crippen LogP contribution in [0, 0.1) is 0 Å². The third kappa shape index (κ3) is 6.21. The van der Waals surface area contributed by atoms with Crippen molar-refractivity contribution in [3.63, 3.8) is 0 Å². The Morgan fingerprint density at radius 1 is 1.22 bits per heavy atom. The van der Waals surface area contributed by atoms with Crippen molar-refractivity contribution in [1.29, 1.82) is 0 Å². The highest BCUT2D eigenvalue weighted by molar-refractivity contribution is 9.10. The average molecular weight is 528 g/mol. The highest BCUT2D eigenvalue weighted by Crippen LogP contribution is 2.36. The minimum atomic E-state index is -0.999. The first kappa shape index (κ1) is 24.0. The molecule has 9 nitrogen and oxygen atoms in total. The number of fused-ring (bicyclic) bond motifs is 1. The van der Waals surface area contributed by atoms with Crippen molar-refractivity contribution in [1.82, 2.24) is 0 Å². The fourth-order valence-electron chi connectivity index (χ4n) is 3.06. The monoisotopic (exact) mass is 527 g/mol. The molecule has 1 aliphatic rings. The zero-order valence-corrected chi connectivity index (χ0v) is 19.6. The lowest BCUT2D eigenvalue weighted by atomic mass is 10.0. The van der Waals surface area contributed by atoms with Crippen LogP contribution in [0.3, 0.4) is 0 Å². The molecule has 0 bridgehead atoms. The summed E-state index contributed by atoms with van der Waals surface area (Å²) < 4.78 is 27.5. The van der Waals surface area contributed by atoms with Crippen molar-refractivity contribution >= 4 is 46.3 Å². The predicted octanol–water partition coefficient (Wildman–Crippen LogP) is 4.05. The van der Waals surface area contributed by atoms with Gasteiger partial charge in [-0.15, -0.1) is 0 Å². The first-order chi connectivity index (χ1) is 15.4. The highest BCUT2D eigenvalue weighted by atomic mass is 79.9. The summed E-state index contributed by atoms with van der Waals surface area (Å²) in [6, 6.07) is 9.67. The Morgan fingerprint density at radius 3 is 2.75 bits per heavy atom. The molecule has 3 rings (SSSR count). The molecule has 1 aliphatic heterocycles. The Balaban J connectivity index is 1.77. The second kappa shape index (κ2) is 11.3. The van der Waals surface area contributed by atoms with E-state index in [4.69, 9.17) is 23.7 Å². The van der Waals surface area contributed by atoms with Crippen LogP contribution in [0.25, 0.3) is 0 Å². The van der Waals surface area contributed by atoms with E-state index in [2.05, 4.69) is 33.9 Å². The molecule has 0 saturated heterocycles. The van der Waals surface area contributed by atoms with E-state index in [0.29, 0.717) is 27.2 Å². The molecule has 2 N–H and O–H groups in total. The summed E-state index contributed by atoms with van der Waals surface area (Å²) in [5, 5.41) is 13.0. The zero-order valence-electron chi connectivity index (χ0n) is 17.1. The second-order valence-corrected chi connectivity index (χ2v) is 7.90. The molecule has 0 fully saturated rings. The molecule has 0 saturated carbocycles. The summed E-state index contributed by atoms with van der Waals surface area (Å²) in [7, 11) is 1.44. The van der Waals surface area contributed by atoms with Gasteiger partial charge < -0.3 is 28.8 Å². The van der Waals surface area contributed by atoms with Crippen molar-refractivity contribution in [2.45, 2.75) is 18.6 Å². The van der Waals surface area contributed by atoms with E-state index < -0.39 is 24.3 Å². The third-order valence-electron chi connectivity index (χ3n) is 4.58. The van der Waals surface area contributed by atoms with Gasteiger partial charge in [0.05, 0.1) is 12.4 Å². The van der Waals surface area contributed by atoms with Crippen molar-refractivity contribution in [3.8, 4) is 17.2 Å². The fourth-order valence-corrected chi connectivity index (χ4v) is 3.53. The summed E-state index contributed by atoms with van der Waals surface area (Å²) >= 11 is 7.22. The van der Waals surface area contributed by atoms with Gasteiger partial charge >= 0.3 is 12.1 Å². The van der Waals surface area contributed by atoms with Crippen LogP contribution in [-0.4, -0.2) is 49.5 Å². The predicted molar refractivity (Wildman–Crippen MR) is 121 cm³/mol. The fraction of sp³-hybridized carbons (Fsp3) is 0.333. The van der Waals surface area contributed by atoms with Crippen LogP contribution in [0.1, 0.15) is 18.1 Å². The van der Waals surface area contributed by atoms with Gasteiger partial charge in [0.1, 0.15) is 11.9 Å². The van der Waals surface area contributed by atoms with Crippen molar-refractivity contribution in [2.24, 2.45) is 0 Å². The normalized spacial score (nSPS) is 13.8. The molecule has 32 heavy (non-hydrogen) atoms. The quantitative estimate of drug-likeness (QED) is 0.330. The van der Waals surface area contributed by atoms with E-state index in [1.165, 1.54) is 13.2 Å². The lowest BCUT2D eigenvalue weighted by Crippen LogP contribution is -2.29. The van der Waals surface area contributed by atoms with Crippen LogP contribution in [0.5, 0.6) is 17.2 Å². The van der Waals surface area contributed by atoms with Gasteiger partial charge in [0.2, 0.25) is 6.79 Å². The zero-order chi connectivity index (χ0) is 23.1. The number of benzene rings is 2. The minimum Gasteiger partial charge on any atom is -0.508 e. The van der Waals surface area contributed by atoms with Gasteiger partial charge in [-0.2, -0.15) is 12.6 Å². The maximum Gasteiger partial charge on any atom is 0.412 e. The number of thiol groups is 1. The van der Waals surface area contributed by atoms with E-state index in [-0.39, 0.29) is 31.3 Å². The van der Waals surface area contributed by atoms with E-state index in [1.54, 1.807) is 30.3 Å². The first-order valence-corrected chi connectivity index (χ1v) is 11.0. The molecule has 11 heteroatoms. The van der Waals surface area contributed by atoms with Crippen molar-refractivity contribution in [3.05, 3.63) is 46.4 Å². The van der Waals surface area contributed by atoms with Gasteiger partial charge in [-0.3, -0.25) is 10.1 Å². The molecule has 0 radical (unpaired) electrons. The number of ether oxygens (including phenoxy) is 5. The van der Waals surface area contributed by atoms with Gasteiger partial charge in [-0.1, -0.05) is 15.9 Å². The summed E-state index contributed by atoms with van der Waals surface area (Å²) in [5.74, 6) is 0.470. The van der Waals surface area contributed by atoms with Crippen LogP contribution >= 0.6 is 28.6 Å². The summed E-state index contributed by atoms with van der Waals surface area (Å²) in [6.07, 6.45) is -2.28. The molecule has 2 aromatic rings. The Labute approximate surface area is 198 Å². The van der Waals surface area contributed by atoms with Crippen LogP contribution in [-0.2, 0) is 19.0 Å². The van der Waals surface area contributed by atoms with Gasteiger partial charge in [0.25, 0.3) is 0 Å². The molecular weight excluding hydrogens is 506 g/mol. The lowest BCUT2D eigenvalue weighted by molar-refractivity contribution is -0.141. The number of rotatable bonds is 9. The molecule has 0 aromatic heterocycles. The Morgan fingerprint density at radius 2 is 2.00 bits per heavy atom. The Hall–Kier alpha value is -2.63. The summed E-state index contributed by atoms with van der Waals surface area (Å²) in [5.41, 5.74) is 0.765. The smallest absolute Gasteiger partial charge is 0.412 e. The number of aromatic hydroxyl groups is 1.